The first kappa shape index (κ1) is 11.7. The Hall–Kier alpha value is -1.81. The van der Waals surface area contributed by atoms with Crippen molar-refractivity contribution < 1.29 is 9.63 Å². The Morgan fingerprint density at radius 2 is 2.06 bits per heavy atom. The van der Waals surface area contributed by atoms with Gasteiger partial charge in [-0.1, -0.05) is 0 Å². The minimum absolute atomic E-state index is 0.146. The van der Waals surface area contributed by atoms with Crippen LogP contribution in [-0.2, 0) is 4.84 Å². The van der Waals surface area contributed by atoms with E-state index in [1.165, 1.54) is 17.7 Å². The van der Waals surface area contributed by atoms with E-state index in [1.54, 1.807) is 13.1 Å². The van der Waals surface area contributed by atoms with Gasteiger partial charge in [0.2, 0.25) is 0 Å². The number of aromatic amines is 1. The van der Waals surface area contributed by atoms with Crippen LogP contribution in [0.3, 0.4) is 0 Å². The number of carbonyl (C=O) groups excluding carboxylic acids is 1. The Bertz CT molecular complexity index is 572. The van der Waals surface area contributed by atoms with Gasteiger partial charge in [-0.2, -0.15) is 0 Å². The first-order valence-corrected chi connectivity index (χ1v) is 5.45. The first-order chi connectivity index (χ1) is 8.04. The third-order valence-corrected chi connectivity index (χ3v) is 3.12. The Balaban J connectivity index is 2.51. The summed E-state index contributed by atoms with van der Waals surface area (Å²) in [4.78, 5) is 20.1. The van der Waals surface area contributed by atoms with Crippen LogP contribution in [0.5, 0.6) is 0 Å². The number of rotatable bonds is 2. The highest BCUT2D eigenvalue weighted by atomic mass is 16.7. The number of benzene rings is 1. The van der Waals surface area contributed by atoms with Gasteiger partial charge in [0.1, 0.15) is 0 Å². The molecule has 0 saturated heterocycles. The lowest BCUT2D eigenvalue weighted by Crippen LogP contribution is -2.25. The van der Waals surface area contributed by atoms with E-state index in [0.717, 1.165) is 16.6 Å². The van der Waals surface area contributed by atoms with Crippen molar-refractivity contribution in [3.05, 3.63) is 35.0 Å². The van der Waals surface area contributed by atoms with E-state index in [9.17, 15) is 4.79 Å². The second-order valence-electron chi connectivity index (χ2n) is 4.12. The fourth-order valence-electron chi connectivity index (χ4n) is 1.86. The van der Waals surface area contributed by atoms with Gasteiger partial charge >= 0.3 is 0 Å². The summed E-state index contributed by atoms with van der Waals surface area (Å²) in [5.74, 6) is -0.146. The van der Waals surface area contributed by atoms with Crippen molar-refractivity contribution in [2.45, 2.75) is 13.8 Å². The van der Waals surface area contributed by atoms with Crippen LogP contribution in [0.2, 0.25) is 0 Å². The van der Waals surface area contributed by atoms with Crippen LogP contribution in [-0.4, -0.2) is 30.1 Å². The predicted molar refractivity (Wildman–Crippen MR) is 66.9 cm³/mol. The molecule has 0 aliphatic carbocycles. The molecule has 1 aromatic heterocycles. The highest BCUT2D eigenvalue weighted by Crippen LogP contribution is 2.22. The summed E-state index contributed by atoms with van der Waals surface area (Å²) >= 11 is 0. The number of aryl methyl sites for hydroxylation is 2. The molecule has 0 atom stereocenters. The van der Waals surface area contributed by atoms with Gasteiger partial charge in [-0.25, -0.2) is 5.06 Å². The van der Waals surface area contributed by atoms with Crippen LogP contribution in [0.4, 0.5) is 0 Å². The summed E-state index contributed by atoms with van der Waals surface area (Å²) in [7, 11) is 3.07. The van der Waals surface area contributed by atoms with Crippen LogP contribution in [0.15, 0.2) is 18.2 Å². The van der Waals surface area contributed by atoms with E-state index in [2.05, 4.69) is 4.98 Å². The summed E-state index contributed by atoms with van der Waals surface area (Å²) in [6.07, 6.45) is 0. The maximum atomic E-state index is 11.9. The quantitative estimate of drug-likeness (QED) is 0.808. The van der Waals surface area contributed by atoms with Gasteiger partial charge in [0.15, 0.2) is 0 Å². The summed E-state index contributed by atoms with van der Waals surface area (Å²) in [6.45, 7) is 4.07. The van der Waals surface area contributed by atoms with Gasteiger partial charge in [-0.05, 0) is 37.6 Å². The molecule has 1 N–H and O–H groups in total. The van der Waals surface area contributed by atoms with Crippen molar-refractivity contribution in [3.8, 4) is 0 Å². The molecule has 4 nitrogen and oxygen atoms in total. The molecule has 1 heterocycles. The minimum Gasteiger partial charge on any atom is -0.358 e. The molecule has 0 saturated carbocycles. The van der Waals surface area contributed by atoms with Gasteiger partial charge in [0.25, 0.3) is 5.91 Å². The number of amides is 1. The third-order valence-electron chi connectivity index (χ3n) is 3.12. The van der Waals surface area contributed by atoms with Crippen molar-refractivity contribution in [1.82, 2.24) is 10.0 Å². The van der Waals surface area contributed by atoms with Crippen LogP contribution in [0.1, 0.15) is 21.6 Å². The predicted octanol–water partition coefficient (Wildman–Crippen LogP) is 2.42. The molecule has 90 valence electrons. The smallest absolute Gasteiger partial charge is 0.277 e. The zero-order valence-electron chi connectivity index (χ0n) is 10.5. The molecule has 2 aromatic rings. The molecular weight excluding hydrogens is 216 g/mol. The van der Waals surface area contributed by atoms with Crippen LogP contribution < -0.4 is 0 Å². The van der Waals surface area contributed by atoms with Crippen molar-refractivity contribution in [1.29, 1.82) is 0 Å². The Labute approximate surface area is 100 Å². The van der Waals surface area contributed by atoms with Crippen molar-refractivity contribution >= 4 is 16.8 Å². The van der Waals surface area contributed by atoms with E-state index in [1.807, 2.05) is 26.0 Å². The maximum Gasteiger partial charge on any atom is 0.277 e. The molecule has 0 unspecified atom stereocenters. The van der Waals surface area contributed by atoms with E-state index in [4.69, 9.17) is 4.84 Å². The molecule has 17 heavy (non-hydrogen) atoms. The molecule has 4 heteroatoms. The fraction of sp³-hybridized carbons (Fsp3) is 0.308. The average molecular weight is 232 g/mol. The lowest BCUT2D eigenvalue weighted by molar-refractivity contribution is -0.0756. The van der Waals surface area contributed by atoms with Crippen LogP contribution >= 0.6 is 0 Å². The molecule has 0 spiro atoms. The lowest BCUT2D eigenvalue weighted by Gasteiger charge is -2.13. The molecule has 1 amide bonds. The van der Waals surface area contributed by atoms with Crippen molar-refractivity contribution in [2.24, 2.45) is 0 Å². The zero-order valence-corrected chi connectivity index (χ0v) is 10.5. The highest BCUT2D eigenvalue weighted by Gasteiger charge is 2.13. The van der Waals surface area contributed by atoms with Gasteiger partial charge in [-0.3, -0.25) is 9.63 Å². The summed E-state index contributed by atoms with van der Waals surface area (Å²) in [5, 5.41) is 2.30. The molecule has 2 rings (SSSR count). The summed E-state index contributed by atoms with van der Waals surface area (Å²) in [6, 6.07) is 5.62. The Morgan fingerprint density at radius 1 is 1.35 bits per heavy atom. The SMILES string of the molecule is CON(C)C(=O)c1ccc2[nH]c(C)c(C)c2c1. The Morgan fingerprint density at radius 3 is 2.71 bits per heavy atom. The van der Waals surface area contributed by atoms with Gasteiger partial charge < -0.3 is 4.98 Å². The summed E-state index contributed by atoms with van der Waals surface area (Å²) in [5.41, 5.74) is 3.99. The average Bonchev–Trinajstić information content (AvgIpc) is 2.63. The monoisotopic (exact) mass is 232 g/mol. The largest absolute Gasteiger partial charge is 0.358 e. The Kier molecular flexibility index (Phi) is 2.90. The summed E-state index contributed by atoms with van der Waals surface area (Å²) < 4.78 is 0. The zero-order chi connectivity index (χ0) is 12.6. The molecule has 0 radical (unpaired) electrons. The number of fused-ring (bicyclic) bond motifs is 1. The molecule has 0 fully saturated rings. The van der Waals surface area contributed by atoms with Gasteiger partial charge in [-0.15, -0.1) is 0 Å². The van der Waals surface area contributed by atoms with Gasteiger partial charge in [0.05, 0.1) is 7.11 Å². The number of nitrogens with one attached hydrogen (secondary N) is 1. The molecule has 0 aliphatic heterocycles. The van der Waals surface area contributed by atoms with Crippen molar-refractivity contribution in [2.75, 3.05) is 14.2 Å². The second kappa shape index (κ2) is 4.22. The molecular formula is C13H16N2O2. The number of hydrogen-bond acceptors (Lipinski definition) is 2. The number of hydroxylamine groups is 2. The number of nitrogens with zero attached hydrogens (tertiary/aromatic N) is 1. The topological polar surface area (TPSA) is 45.3 Å². The van der Waals surface area contributed by atoms with E-state index in [0.29, 0.717) is 5.56 Å². The van der Waals surface area contributed by atoms with Crippen LogP contribution in [0, 0.1) is 13.8 Å². The van der Waals surface area contributed by atoms with E-state index in [-0.39, 0.29) is 5.91 Å². The van der Waals surface area contributed by atoms with Crippen LogP contribution in [0.25, 0.3) is 10.9 Å². The number of aromatic nitrogens is 1. The maximum absolute atomic E-state index is 11.9. The number of carbonyl (C=O) groups is 1. The van der Waals surface area contributed by atoms with E-state index >= 15 is 0 Å². The lowest BCUT2D eigenvalue weighted by atomic mass is 10.1. The minimum atomic E-state index is -0.146. The van der Waals surface area contributed by atoms with Gasteiger partial charge in [0, 0.05) is 29.2 Å². The standard InChI is InChI=1S/C13H16N2O2/c1-8-9(2)14-12-6-5-10(7-11(8)12)13(16)15(3)17-4/h5-7,14H,1-4H3. The molecule has 0 bridgehead atoms. The fourth-order valence-corrected chi connectivity index (χ4v) is 1.86. The van der Waals surface area contributed by atoms with Crippen molar-refractivity contribution in [3.63, 3.8) is 0 Å². The number of hydrogen-bond donors (Lipinski definition) is 1. The second-order valence-corrected chi connectivity index (χ2v) is 4.12. The first-order valence-electron chi connectivity index (χ1n) is 5.45. The van der Waals surface area contributed by atoms with E-state index < -0.39 is 0 Å². The number of H-pyrrole nitrogens is 1. The normalized spacial score (nSPS) is 10.8. The highest BCUT2D eigenvalue weighted by molar-refractivity contribution is 5.98. The third kappa shape index (κ3) is 1.91. The molecule has 0 aliphatic rings. The molecule has 1 aromatic carbocycles.